The van der Waals surface area contributed by atoms with Crippen LogP contribution in [0.3, 0.4) is 0 Å². The molecule has 0 bridgehead atoms. The molecule has 3 heteroatoms. The average molecular weight is 198 g/mol. The molecule has 3 nitrogen and oxygen atoms in total. The van der Waals surface area contributed by atoms with Crippen LogP contribution < -0.4 is 0 Å². The summed E-state index contributed by atoms with van der Waals surface area (Å²) in [6, 6.07) is 0. The third-order valence-corrected chi connectivity index (χ3v) is 3.98. The summed E-state index contributed by atoms with van der Waals surface area (Å²) in [5.41, 5.74) is -0.161. The van der Waals surface area contributed by atoms with E-state index >= 15 is 0 Å². The molecular weight excluding hydrogens is 180 g/mol. The van der Waals surface area contributed by atoms with E-state index in [1.807, 2.05) is 0 Å². The quantitative estimate of drug-likeness (QED) is 0.699. The van der Waals surface area contributed by atoms with E-state index in [1.54, 1.807) is 0 Å². The number of hydrogen-bond donors (Lipinski definition) is 1. The Balaban J connectivity index is 2.15. The minimum Gasteiger partial charge on any atom is -0.458 e. The van der Waals surface area contributed by atoms with Gasteiger partial charge in [-0.3, -0.25) is 4.79 Å². The summed E-state index contributed by atoms with van der Waals surface area (Å²) in [5, 5.41) is 8.85. The molecule has 0 amide bonds. The zero-order valence-electron chi connectivity index (χ0n) is 8.88. The molecule has 2 rings (SSSR count). The summed E-state index contributed by atoms with van der Waals surface area (Å²) in [4.78, 5) is 11.3. The number of hydrogen-bond acceptors (Lipinski definition) is 3. The van der Waals surface area contributed by atoms with Crippen LogP contribution in [0, 0.1) is 11.3 Å². The van der Waals surface area contributed by atoms with Gasteiger partial charge >= 0.3 is 5.97 Å². The van der Waals surface area contributed by atoms with Gasteiger partial charge in [-0.2, -0.15) is 0 Å². The van der Waals surface area contributed by atoms with Crippen molar-refractivity contribution < 1.29 is 14.6 Å². The van der Waals surface area contributed by atoms with Crippen LogP contribution in [0.2, 0.25) is 0 Å². The molecular formula is C11H18O3. The number of aliphatic hydroxyl groups excluding tert-OH is 1. The Hall–Kier alpha value is -0.570. The fourth-order valence-electron chi connectivity index (χ4n) is 3.21. The van der Waals surface area contributed by atoms with E-state index in [1.165, 1.54) is 0 Å². The third kappa shape index (κ3) is 1.11. The summed E-state index contributed by atoms with van der Waals surface area (Å²) >= 11 is 0. The molecule has 0 radical (unpaired) electrons. The van der Waals surface area contributed by atoms with Gasteiger partial charge in [0.1, 0.15) is 5.60 Å². The van der Waals surface area contributed by atoms with Crippen molar-refractivity contribution in [3.8, 4) is 0 Å². The zero-order valence-corrected chi connectivity index (χ0v) is 8.88. The molecule has 2 aliphatic rings. The van der Waals surface area contributed by atoms with Gasteiger partial charge in [0.25, 0.3) is 0 Å². The Bertz CT molecular complexity index is 259. The monoisotopic (exact) mass is 198 g/mol. The number of carbonyl (C=O) groups is 1. The van der Waals surface area contributed by atoms with Gasteiger partial charge in [-0.15, -0.1) is 0 Å². The van der Waals surface area contributed by atoms with Crippen molar-refractivity contribution in [2.45, 2.75) is 45.1 Å². The van der Waals surface area contributed by atoms with Crippen molar-refractivity contribution in [3.63, 3.8) is 0 Å². The van der Waals surface area contributed by atoms with Gasteiger partial charge in [-0.05, 0) is 19.3 Å². The van der Waals surface area contributed by atoms with E-state index in [4.69, 9.17) is 9.84 Å². The standard InChI is InChI=1S/C11H18O3/c1-10(2)7-8-6-9(13)14-11(8,10)4-3-5-12/h8,12H,3-7H2,1-2H3/t8-,11-/m1/s1. The molecule has 0 spiro atoms. The molecule has 0 aromatic carbocycles. The first-order chi connectivity index (χ1) is 6.52. The lowest BCUT2D eigenvalue weighted by atomic mass is 9.51. The van der Waals surface area contributed by atoms with Crippen LogP contribution in [0.5, 0.6) is 0 Å². The molecule has 0 aromatic rings. The number of fused-ring (bicyclic) bond motifs is 1. The number of ether oxygens (including phenoxy) is 1. The van der Waals surface area contributed by atoms with Gasteiger partial charge in [0.05, 0.1) is 6.42 Å². The predicted molar refractivity (Wildman–Crippen MR) is 51.6 cm³/mol. The highest BCUT2D eigenvalue weighted by atomic mass is 16.6. The Morgan fingerprint density at radius 2 is 2.29 bits per heavy atom. The topological polar surface area (TPSA) is 46.5 Å². The van der Waals surface area contributed by atoms with Crippen LogP contribution in [-0.2, 0) is 9.53 Å². The molecule has 1 saturated heterocycles. The first kappa shape index (κ1) is 9.97. The van der Waals surface area contributed by atoms with Crippen LogP contribution in [0.25, 0.3) is 0 Å². The van der Waals surface area contributed by atoms with Gasteiger partial charge in [0.2, 0.25) is 0 Å². The minimum absolute atomic E-state index is 0.0569. The highest BCUT2D eigenvalue weighted by Gasteiger charge is 2.66. The summed E-state index contributed by atoms with van der Waals surface area (Å²) in [7, 11) is 0. The van der Waals surface area contributed by atoms with Crippen molar-refractivity contribution in [1.82, 2.24) is 0 Å². The smallest absolute Gasteiger partial charge is 0.306 e. The largest absolute Gasteiger partial charge is 0.458 e. The van der Waals surface area contributed by atoms with Gasteiger partial charge in [-0.25, -0.2) is 0 Å². The second kappa shape index (κ2) is 2.96. The number of carbonyl (C=O) groups excluding carboxylic acids is 1. The number of esters is 1. The Morgan fingerprint density at radius 3 is 2.79 bits per heavy atom. The van der Waals surface area contributed by atoms with Gasteiger partial charge in [0.15, 0.2) is 0 Å². The maximum Gasteiger partial charge on any atom is 0.306 e. The van der Waals surface area contributed by atoms with Crippen molar-refractivity contribution in [1.29, 1.82) is 0 Å². The Kier molecular flexibility index (Phi) is 2.11. The Labute approximate surface area is 84.4 Å². The third-order valence-electron chi connectivity index (χ3n) is 3.98. The maximum absolute atomic E-state index is 11.3. The molecule has 0 unspecified atom stereocenters. The highest BCUT2D eigenvalue weighted by Crippen LogP contribution is 2.62. The van der Waals surface area contributed by atoms with Crippen LogP contribution in [0.1, 0.15) is 39.5 Å². The second-order valence-electron chi connectivity index (χ2n) is 5.18. The zero-order chi connectivity index (χ0) is 10.4. The molecule has 0 aromatic heterocycles. The van der Waals surface area contributed by atoms with E-state index < -0.39 is 0 Å². The van der Waals surface area contributed by atoms with Crippen molar-refractivity contribution in [2.24, 2.45) is 11.3 Å². The van der Waals surface area contributed by atoms with Crippen molar-refractivity contribution >= 4 is 5.97 Å². The normalized spacial score (nSPS) is 38.8. The van der Waals surface area contributed by atoms with Crippen LogP contribution in [0.4, 0.5) is 0 Å². The van der Waals surface area contributed by atoms with Gasteiger partial charge in [0, 0.05) is 17.9 Å². The maximum atomic E-state index is 11.3. The molecule has 1 N–H and O–H groups in total. The lowest BCUT2D eigenvalue weighted by molar-refractivity contribution is -0.197. The summed E-state index contributed by atoms with van der Waals surface area (Å²) in [6.45, 7) is 4.49. The van der Waals surface area contributed by atoms with E-state index in [2.05, 4.69) is 13.8 Å². The molecule has 1 saturated carbocycles. The fourth-order valence-corrected chi connectivity index (χ4v) is 3.21. The van der Waals surface area contributed by atoms with E-state index in [-0.39, 0.29) is 23.6 Å². The lowest BCUT2D eigenvalue weighted by Crippen LogP contribution is -2.59. The molecule has 1 aliphatic carbocycles. The summed E-state index contributed by atoms with van der Waals surface area (Å²) in [6.07, 6.45) is 3.19. The fraction of sp³-hybridized carbons (Fsp3) is 0.909. The van der Waals surface area contributed by atoms with Crippen molar-refractivity contribution in [3.05, 3.63) is 0 Å². The lowest BCUT2D eigenvalue weighted by Gasteiger charge is -2.56. The average Bonchev–Trinajstić information content (AvgIpc) is 2.36. The van der Waals surface area contributed by atoms with E-state index in [0.29, 0.717) is 12.3 Å². The summed E-state index contributed by atoms with van der Waals surface area (Å²) < 4.78 is 5.52. The minimum atomic E-state index is -0.257. The molecule has 80 valence electrons. The molecule has 1 heterocycles. The number of rotatable bonds is 3. The predicted octanol–water partition coefficient (Wildman–Crippen LogP) is 1.49. The molecule has 1 aliphatic heterocycles. The van der Waals surface area contributed by atoms with Crippen LogP contribution in [-0.4, -0.2) is 23.3 Å². The Morgan fingerprint density at radius 1 is 1.57 bits per heavy atom. The van der Waals surface area contributed by atoms with Gasteiger partial charge in [-0.1, -0.05) is 13.8 Å². The highest BCUT2D eigenvalue weighted by molar-refractivity contribution is 5.74. The molecule has 14 heavy (non-hydrogen) atoms. The van der Waals surface area contributed by atoms with E-state index in [9.17, 15) is 4.79 Å². The second-order valence-corrected chi connectivity index (χ2v) is 5.18. The first-order valence-corrected chi connectivity index (χ1v) is 5.34. The van der Waals surface area contributed by atoms with Crippen molar-refractivity contribution in [2.75, 3.05) is 6.61 Å². The van der Waals surface area contributed by atoms with Gasteiger partial charge < -0.3 is 9.84 Å². The van der Waals surface area contributed by atoms with Crippen LogP contribution in [0.15, 0.2) is 0 Å². The number of aliphatic hydroxyl groups is 1. The van der Waals surface area contributed by atoms with Crippen LogP contribution >= 0.6 is 0 Å². The van der Waals surface area contributed by atoms with E-state index in [0.717, 1.165) is 19.3 Å². The molecule has 2 atom stereocenters. The SMILES string of the molecule is CC1(C)C[C@H]2CC(=O)O[C@]21CCCO. The summed E-state index contributed by atoms with van der Waals surface area (Å²) in [5.74, 6) is 0.343. The molecule has 2 fully saturated rings. The first-order valence-electron chi connectivity index (χ1n) is 5.34.